The van der Waals surface area contributed by atoms with Crippen molar-refractivity contribution in [2.75, 3.05) is 11.9 Å². The van der Waals surface area contributed by atoms with Gasteiger partial charge in [0.2, 0.25) is 0 Å². The van der Waals surface area contributed by atoms with Crippen LogP contribution in [0.5, 0.6) is 0 Å². The highest BCUT2D eigenvalue weighted by atomic mass is 79.9. The molecule has 0 unspecified atom stereocenters. The summed E-state index contributed by atoms with van der Waals surface area (Å²) in [6.07, 6.45) is 3.58. The minimum atomic E-state index is -3.42. The Morgan fingerprint density at radius 3 is 2.72 bits per heavy atom. The Balaban J connectivity index is 1.96. The van der Waals surface area contributed by atoms with Gasteiger partial charge in [0.15, 0.2) is 0 Å². The van der Waals surface area contributed by atoms with Gasteiger partial charge in [0.05, 0.1) is 5.69 Å². The number of halogens is 1. The fourth-order valence-corrected chi connectivity index (χ4v) is 4.31. The molecule has 1 fully saturated rings. The summed E-state index contributed by atoms with van der Waals surface area (Å²) in [5, 5.41) is 0.835. The topological polar surface area (TPSA) is 49.7 Å². The molecule has 0 saturated heterocycles. The first-order chi connectivity index (χ1) is 8.57. The zero-order valence-corrected chi connectivity index (χ0v) is 12.1. The molecule has 96 valence electrons. The Kier molecular flexibility index (Phi) is 2.75. The molecule has 0 bridgehead atoms. The van der Waals surface area contributed by atoms with Gasteiger partial charge in [0.25, 0.3) is 10.0 Å². The first kappa shape index (κ1) is 12.2. The van der Waals surface area contributed by atoms with E-state index in [4.69, 9.17) is 0 Å². The highest BCUT2D eigenvalue weighted by molar-refractivity contribution is 9.09. The molecule has 1 aromatic carbocycles. The lowest BCUT2D eigenvalue weighted by atomic mass is 10.1. The van der Waals surface area contributed by atoms with Crippen molar-refractivity contribution in [1.29, 1.82) is 0 Å². The molecule has 1 aromatic rings. The highest BCUT2D eigenvalue weighted by Crippen LogP contribution is 2.48. The minimum Gasteiger partial charge on any atom is -0.256 e. The van der Waals surface area contributed by atoms with Crippen LogP contribution in [0.25, 0.3) is 0 Å². The zero-order chi connectivity index (χ0) is 12.8. The monoisotopic (exact) mass is 328 g/mol. The summed E-state index contributed by atoms with van der Waals surface area (Å²) in [6, 6.07) is 6.86. The van der Waals surface area contributed by atoms with Gasteiger partial charge in [-0.3, -0.25) is 4.31 Å². The van der Waals surface area contributed by atoms with Crippen molar-refractivity contribution >= 4 is 38.0 Å². The molecule has 4 nitrogen and oxygen atoms in total. The first-order valence-corrected chi connectivity index (χ1v) is 8.35. The molecular weight excluding hydrogens is 316 g/mol. The number of fused-ring (bicyclic) bond motifs is 1. The number of alkyl halides is 1. The Bertz CT molecular complexity index is 608. The third kappa shape index (κ3) is 1.87. The van der Waals surface area contributed by atoms with E-state index in [2.05, 4.69) is 20.9 Å². The van der Waals surface area contributed by atoms with Crippen molar-refractivity contribution in [3.63, 3.8) is 0 Å². The molecular formula is C12H13BrN2O2S. The van der Waals surface area contributed by atoms with Gasteiger partial charge >= 0.3 is 0 Å². The largest absolute Gasteiger partial charge is 0.267 e. The SMILES string of the molecule is O=S1(=O)c2ccccc2N=CN1CC1(CBr)CC1. The van der Waals surface area contributed by atoms with E-state index in [1.165, 1.54) is 10.6 Å². The number of nitrogens with zero attached hydrogens (tertiary/aromatic N) is 2. The van der Waals surface area contributed by atoms with Crippen LogP contribution in [0.4, 0.5) is 5.69 Å². The zero-order valence-electron chi connectivity index (χ0n) is 9.71. The second kappa shape index (κ2) is 4.06. The average molecular weight is 329 g/mol. The molecule has 0 atom stereocenters. The quantitative estimate of drug-likeness (QED) is 0.800. The molecule has 3 rings (SSSR count). The van der Waals surface area contributed by atoms with E-state index < -0.39 is 10.0 Å². The smallest absolute Gasteiger partial charge is 0.256 e. The minimum absolute atomic E-state index is 0.103. The van der Waals surface area contributed by atoms with E-state index in [1.54, 1.807) is 24.3 Å². The molecule has 0 N–H and O–H groups in total. The third-order valence-corrected chi connectivity index (χ3v) is 6.44. The van der Waals surface area contributed by atoms with Crippen LogP contribution in [-0.4, -0.2) is 30.9 Å². The fourth-order valence-electron chi connectivity index (χ4n) is 2.06. The Morgan fingerprint density at radius 1 is 1.33 bits per heavy atom. The predicted molar refractivity (Wildman–Crippen MR) is 73.9 cm³/mol. The van der Waals surface area contributed by atoms with Gasteiger partial charge in [0.1, 0.15) is 11.2 Å². The van der Waals surface area contributed by atoms with Gasteiger partial charge in [-0.05, 0) is 30.4 Å². The Hall–Kier alpha value is -0.880. The fraction of sp³-hybridized carbons (Fsp3) is 0.417. The van der Waals surface area contributed by atoms with Crippen LogP contribution in [0.15, 0.2) is 34.2 Å². The van der Waals surface area contributed by atoms with E-state index in [9.17, 15) is 8.42 Å². The molecule has 1 saturated carbocycles. The number of para-hydroxylation sites is 1. The molecule has 6 heteroatoms. The second-order valence-electron chi connectivity index (χ2n) is 4.90. The lowest BCUT2D eigenvalue weighted by molar-refractivity contribution is 0.445. The molecule has 1 aliphatic carbocycles. The van der Waals surface area contributed by atoms with Gasteiger partial charge in [-0.15, -0.1) is 0 Å². The van der Waals surface area contributed by atoms with Crippen molar-refractivity contribution in [1.82, 2.24) is 4.31 Å². The second-order valence-corrected chi connectivity index (χ2v) is 7.32. The number of aliphatic imine (C=N–C) groups is 1. The van der Waals surface area contributed by atoms with Crippen LogP contribution in [0, 0.1) is 5.41 Å². The number of hydrogen-bond donors (Lipinski definition) is 0. The van der Waals surface area contributed by atoms with Gasteiger partial charge < -0.3 is 0 Å². The molecule has 0 spiro atoms. The maximum Gasteiger partial charge on any atom is 0.267 e. The summed E-state index contributed by atoms with van der Waals surface area (Å²) in [7, 11) is -3.42. The highest BCUT2D eigenvalue weighted by Gasteiger charge is 2.45. The Labute approximate surface area is 115 Å². The molecule has 0 amide bonds. The van der Waals surface area contributed by atoms with Gasteiger partial charge in [-0.25, -0.2) is 13.4 Å². The van der Waals surface area contributed by atoms with Crippen LogP contribution in [0.2, 0.25) is 0 Å². The third-order valence-electron chi connectivity index (χ3n) is 3.51. The number of benzene rings is 1. The van der Waals surface area contributed by atoms with E-state index in [0.29, 0.717) is 17.1 Å². The van der Waals surface area contributed by atoms with Crippen LogP contribution in [0.1, 0.15) is 12.8 Å². The maximum absolute atomic E-state index is 12.4. The van der Waals surface area contributed by atoms with E-state index in [1.807, 2.05) is 0 Å². The molecule has 1 heterocycles. The van der Waals surface area contributed by atoms with E-state index in [0.717, 1.165) is 18.2 Å². The van der Waals surface area contributed by atoms with Crippen LogP contribution >= 0.6 is 15.9 Å². The lowest BCUT2D eigenvalue weighted by Gasteiger charge is -2.27. The molecule has 0 aromatic heterocycles. The Morgan fingerprint density at radius 2 is 2.06 bits per heavy atom. The normalized spacial score (nSPS) is 22.6. The van der Waals surface area contributed by atoms with Crippen LogP contribution < -0.4 is 0 Å². The predicted octanol–water partition coefficient (Wildman–Crippen LogP) is 2.53. The molecule has 0 radical (unpaired) electrons. The van der Waals surface area contributed by atoms with E-state index >= 15 is 0 Å². The molecule has 1 aliphatic heterocycles. The van der Waals surface area contributed by atoms with E-state index in [-0.39, 0.29) is 5.41 Å². The lowest BCUT2D eigenvalue weighted by Crippen LogP contribution is -2.37. The van der Waals surface area contributed by atoms with Crippen molar-refractivity contribution in [2.24, 2.45) is 10.4 Å². The summed E-state index contributed by atoms with van der Waals surface area (Å²) in [5.74, 6) is 0. The molecule has 2 aliphatic rings. The summed E-state index contributed by atoms with van der Waals surface area (Å²) >= 11 is 3.46. The van der Waals surface area contributed by atoms with Crippen LogP contribution in [-0.2, 0) is 10.0 Å². The standard InChI is InChI=1S/C12H13BrN2O2S/c13-7-12(5-6-12)8-15-9-14-10-3-1-2-4-11(10)18(15,16)17/h1-4,9H,5-8H2. The summed E-state index contributed by atoms with van der Waals surface area (Å²) in [5.41, 5.74) is 0.628. The van der Waals surface area contributed by atoms with Gasteiger partial charge in [0, 0.05) is 11.9 Å². The van der Waals surface area contributed by atoms with Crippen molar-refractivity contribution in [3.05, 3.63) is 24.3 Å². The van der Waals surface area contributed by atoms with Gasteiger partial charge in [-0.2, -0.15) is 0 Å². The summed E-state index contributed by atoms with van der Waals surface area (Å²) in [6.45, 7) is 0.512. The first-order valence-electron chi connectivity index (χ1n) is 5.79. The van der Waals surface area contributed by atoms with Gasteiger partial charge in [-0.1, -0.05) is 28.1 Å². The number of sulfonamides is 1. The maximum atomic E-state index is 12.4. The van der Waals surface area contributed by atoms with Crippen molar-refractivity contribution in [3.8, 4) is 0 Å². The number of hydrogen-bond acceptors (Lipinski definition) is 3. The number of rotatable bonds is 3. The van der Waals surface area contributed by atoms with Crippen molar-refractivity contribution < 1.29 is 8.42 Å². The average Bonchev–Trinajstić information content (AvgIpc) is 3.14. The summed E-state index contributed by atoms with van der Waals surface area (Å²) in [4.78, 5) is 4.53. The van der Waals surface area contributed by atoms with Crippen LogP contribution in [0.3, 0.4) is 0 Å². The summed E-state index contributed by atoms with van der Waals surface area (Å²) < 4.78 is 26.3. The van der Waals surface area contributed by atoms with Crippen molar-refractivity contribution in [2.45, 2.75) is 17.7 Å². The molecule has 18 heavy (non-hydrogen) atoms.